The summed E-state index contributed by atoms with van der Waals surface area (Å²) in [5.74, 6) is 0.291. The molecule has 1 amide bonds. The van der Waals surface area contributed by atoms with Gasteiger partial charge in [-0.15, -0.1) is 10.2 Å². The molecule has 150 valence electrons. The van der Waals surface area contributed by atoms with Crippen molar-refractivity contribution in [1.29, 1.82) is 0 Å². The lowest BCUT2D eigenvalue weighted by atomic mass is 10.1. The van der Waals surface area contributed by atoms with Crippen molar-refractivity contribution in [1.82, 2.24) is 15.1 Å². The highest BCUT2D eigenvalue weighted by atomic mass is 32.2. The highest BCUT2D eigenvalue weighted by molar-refractivity contribution is 8.00. The number of nitrogens with zero attached hydrogens (tertiary/aromatic N) is 3. The van der Waals surface area contributed by atoms with Crippen molar-refractivity contribution in [2.75, 3.05) is 24.3 Å². The highest BCUT2D eigenvalue weighted by Gasteiger charge is 2.32. The van der Waals surface area contributed by atoms with Crippen LogP contribution in [0.5, 0.6) is 0 Å². The Balaban J connectivity index is 1.54. The molecule has 2 aromatic carbocycles. The topological polar surface area (TPSA) is 80.2 Å². The van der Waals surface area contributed by atoms with Gasteiger partial charge < -0.3 is 4.90 Å². The van der Waals surface area contributed by atoms with Crippen LogP contribution in [0.1, 0.15) is 6.42 Å². The highest BCUT2D eigenvalue weighted by Crippen LogP contribution is 2.31. The summed E-state index contributed by atoms with van der Waals surface area (Å²) in [5, 5.41) is 11.4. The maximum Gasteiger partial charge on any atom is 0.233 e. The number of aromatic nitrogens is 2. The Kier molecular flexibility index (Phi) is 5.56. The van der Waals surface area contributed by atoms with Gasteiger partial charge in [-0.1, -0.05) is 66.4 Å². The molecule has 1 saturated heterocycles. The monoisotopic (exact) mass is 427 g/mol. The van der Waals surface area contributed by atoms with E-state index in [0.717, 1.165) is 22.0 Å². The molecule has 1 aliphatic rings. The number of fused-ring (bicyclic) bond motifs is 1. The first-order valence-corrected chi connectivity index (χ1v) is 12.1. The van der Waals surface area contributed by atoms with Crippen LogP contribution in [0.25, 0.3) is 22.0 Å². The predicted octanol–water partition coefficient (Wildman–Crippen LogP) is 3.03. The van der Waals surface area contributed by atoms with E-state index in [9.17, 15) is 13.2 Å². The summed E-state index contributed by atoms with van der Waals surface area (Å²) in [7, 11) is -1.35. The Morgan fingerprint density at radius 1 is 1.07 bits per heavy atom. The van der Waals surface area contributed by atoms with Crippen molar-refractivity contribution in [2.24, 2.45) is 0 Å². The Morgan fingerprint density at radius 3 is 2.45 bits per heavy atom. The maximum atomic E-state index is 12.6. The quantitative estimate of drug-likeness (QED) is 0.582. The van der Waals surface area contributed by atoms with E-state index in [0.29, 0.717) is 11.4 Å². The number of benzene rings is 2. The molecule has 1 aromatic heterocycles. The van der Waals surface area contributed by atoms with Crippen molar-refractivity contribution >= 4 is 38.3 Å². The van der Waals surface area contributed by atoms with E-state index in [-0.39, 0.29) is 29.2 Å². The van der Waals surface area contributed by atoms with Crippen LogP contribution < -0.4 is 0 Å². The minimum atomic E-state index is -3.02. The van der Waals surface area contributed by atoms with E-state index < -0.39 is 9.84 Å². The molecule has 1 fully saturated rings. The smallest absolute Gasteiger partial charge is 0.233 e. The standard InChI is InChI=1S/C21H21N3O3S2/c1-24(16-11-12-29(26,27)14-16)19(25)13-28-21-18-10-6-5-9-17(18)20(22-23-21)15-7-3-2-4-8-15/h2-10,16H,11-14H2,1H3/t16-/m0/s1. The van der Waals surface area contributed by atoms with E-state index in [1.807, 2.05) is 54.6 Å². The van der Waals surface area contributed by atoms with E-state index >= 15 is 0 Å². The molecule has 3 aromatic rings. The van der Waals surface area contributed by atoms with Crippen molar-refractivity contribution in [2.45, 2.75) is 17.5 Å². The molecule has 1 aliphatic heterocycles. The fourth-order valence-corrected chi connectivity index (χ4v) is 6.18. The molecule has 0 spiro atoms. The Morgan fingerprint density at radius 2 is 1.76 bits per heavy atom. The maximum absolute atomic E-state index is 12.6. The second-order valence-electron chi connectivity index (χ2n) is 7.12. The number of carbonyl (C=O) groups excluding carboxylic acids is 1. The predicted molar refractivity (Wildman–Crippen MR) is 116 cm³/mol. The van der Waals surface area contributed by atoms with E-state index in [1.165, 1.54) is 11.8 Å². The molecule has 0 N–H and O–H groups in total. The average molecular weight is 428 g/mol. The molecule has 4 rings (SSSR count). The first kappa shape index (κ1) is 19.8. The van der Waals surface area contributed by atoms with Gasteiger partial charge in [-0.05, 0) is 6.42 Å². The van der Waals surface area contributed by atoms with Crippen LogP contribution in [0, 0.1) is 0 Å². The summed E-state index contributed by atoms with van der Waals surface area (Å²) >= 11 is 1.33. The zero-order valence-corrected chi connectivity index (χ0v) is 17.6. The zero-order valence-electron chi connectivity index (χ0n) is 16.0. The van der Waals surface area contributed by atoms with Crippen molar-refractivity contribution in [3.8, 4) is 11.3 Å². The van der Waals surface area contributed by atoms with Crippen molar-refractivity contribution < 1.29 is 13.2 Å². The number of carbonyl (C=O) groups is 1. The van der Waals surface area contributed by atoms with Crippen LogP contribution in [0.3, 0.4) is 0 Å². The molecule has 8 heteroatoms. The fourth-order valence-electron chi connectivity index (χ4n) is 3.51. The zero-order chi connectivity index (χ0) is 20.4. The van der Waals surface area contributed by atoms with Gasteiger partial charge in [0.2, 0.25) is 5.91 Å². The summed E-state index contributed by atoms with van der Waals surface area (Å²) in [4.78, 5) is 14.2. The number of amides is 1. The lowest BCUT2D eigenvalue weighted by Gasteiger charge is -2.23. The number of thioether (sulfide) groups is 1. The molecular formula is C21H21N3O3S2. The summed E-state index contributed by atoms with van der Waals surface area (Å²) in [6.07, 6.45) is 0.504. The number of sulfone groups is 1. The Labute approximate surface area is 174 Å². The molecule has 0 radical (unpaired) electrons. The molecule has 6 nitrogen and oxygen atoms in total. The third kappa shape index (κ3) is 4.28. The van der Waals surface area contributed by atoms with Gasteiger partial charge in [0.25, 0.3) is 0 Å². The normalized spacial score (nSPS) is 18.0. The number of hydrogen-bond donors (Lipinski definition) is 0. The fraction of sp³-hybridized carbons (Fsp3) is 0.286. The Bertz CT molecular complexity index is 1150. The SMILES string of the molecule is CN(C(=O)CSc1nnc(-c2ccccc2)c2ccccc12)[C@H]1CCS(=O)(=O)C1. The van der Waals surface area contributed by atoms with Gasteiger partial charge in [0.1, 0.15) is 10.7 Å². The minimum Gasteiger partial charge on any atom is -0.341 e. The lowest BCUT2D eigenvalue weighted by Crippen LogP contribution is -2.38. The van der Waals surface area contributed by atoms with E-state index in [1.54, 1.807) is 11.9 Å². The molecule has 29 heavy (non-hydrogen) atoms. The number of hydrogen-bond acceptors (Lipinski definition) is 6. The van der Waals surface area contributed by atoms with Gasteiger partial charge in [0.15, 0.2) is 9.84 Å². The Hall–Kier alpha value is -2.45. The van der Waals surface area contributed by atoms with Crippen LogP contribution in [-0.2, 0) is 14.6 Å². The van der Waals surface area contributed by atoms with Gasteiger partial charge in [-0.2, -0.15) is 0 Å². The molecule has 1 atom stereocenters. The first-order valence-electron chi connectivity index (χ1n) is 9.34. The third-order valence-corrected chi connectivity index (χ3v) is 7.90. The minimum absolute atomic E-state index is 0.0500. The largest absolute Gasteiger partial charge is 0.341 e. The van der Waals surface area contributed by atoms with Crippen molar-refractivity contribution in [3.63, 3.8) is 0 Å². The molecule has 2 heterocycles. The second kappa shape index (κ2) is 8.12. The van der Waals surface area contributed by atoms with Crippen LogP contribution in [0.4, 0.5) is 0 Å². The summed E-state index contributed by atoms with van der Waals surface area (Å²) < 4.78 is 23.4. The third-order valence-electron chi connectivity index (χ3n) is 5.18. The van der Waals surface area contributed by atoms with Crippen LogP contribution in [-0.4, -0.2) is 59.8 Å². The van der Waals surface area contributed by atoms with Gasteiger partial charge in [0.05, 0.1) is 17.3 Å². The molecule has 0 unspecified atom stereocenters. The van der Waals surface area contributed by atoms with Gasteiger partial charge in [0, 0.05) is 29.4 Å². The summed E-state index contributed by atoms with van der Waals surface area (Å²) in [5.41, 5.74) is 1.80. The van der Waals surface area contributed by atoms with Gasteiger partial charge >= 0.3 is 0 Å². The van der Waals surface area contributed by atoms with Crippen molar-refractivity contribution in [3.05, 3.63) is 54.6 Å². The van der Waals surface area contributed by atoms with E-state index in [2.05, 4.69) is 10.2 Å². The summed E-state index contributed by atoms with van der Waals surface area (Å²) in [6, 6.07) is 17.5. The summed E-state index contributed by atoms with van der Waals surface area (Å²) in [6.45, 7) is 0. The van der Waals surface area contributed by atoms with Crippen LogP contribution in [0.15, 0.2) is 59.6 Å². The molecule has 0 saturated carbocycles. The lowest BCUT2D eigenvalue weighted by molar-refractivity contribution is -0.128. The van der Waals surface area contributed by atoms with Crippen LogP contribution >= 0.6 is 11.8 Å². The van der Waals surface area contributed by atoms with Crippen LogP contribution in [0.2, 0.25) is 0 Å². The van der Waals surface area contributed by atoms with Gasteiger partial charge in [-0.25, -0.2) is 8.42 Å². The molecule has 0 aliphatic carbocycles. The van der Waals surface area contributed by atoms with Gasteiger partial charge in [-0.3, -0.25) is 4.79 Å². The average Bonchev–Trinajstić information content (AvgIpc) is 3.11. The molecule has 0 bridgehead atoms. The second-order valence-corrected chi connectivity index (χ2v) is 10.3. The first-order chi connectivity index (χ1) is 13.9. The molecular weight excluding hydrogens is 406 g/mol. The number of rotatable bonds is 5. The van der Waals surface area contributed by atoms with E-state index in [4.69, 9.17) is 0 Å².